The van der Waals surface area contributed by atoms with E-state index in [1.807, 2.05) is 30.3 Å². The summed E-state index contributed by atoms with van der Waals surface area (Å²) in [7, 11) is 0. The Balaban J connectivity index is 2.26. The fourth-order valence-electron chi connectivity index (χ4n) is 1.67. The average Bonchev–Trinajstić information content (AvgIpc) is 2.37. The number of hydrogen-bond acceptors (Lipinski definition) is 2. The summed E-state index contributed by atoms with van der Waals surface area (Å²) >= 11 is 6.28. The van der Waals surface area contributed by atoms with Crippen LogP contribution in [-0.2, 0) is 6.54 Å². The highest BCUT2D eigenvalue weighted by Crippen LogP contribution is 2.26. The van der Waals surface area contributed by atoms with Gasteiger partial charge < -0.3 is 5.32 Å². The van der Waals surface area contributed by atoms with Gasteiger partial charge in [0, 0.05) is 18.3 Å². The maximum Gasteiger partial charge on any atom is 0.0716 e. The zero-order valence-electron chi connectivity index (χ0n) is 9.78. The normalized spacial score (nSPS) is 10.5. The van der Waals surface area contributed by atoms with Crippen molar-refractivity contribution in [3.8, 4) is 11.3 Å². The molecule has 0 radical (unpaired) electrons. The molecule has 0 aliphatic carbocycles. The zero-order chi connectivity index (χ0) is 12.1. The lowest BCUT2D eigenvalue weighted by atomic mass is 10.1. The Bertz CT molecular complexity index is 483. The first kappa shape index (κ1) is 12.1. The summed E-state index contributed by atoms with van der Waals surface area (Å²) < 4.78 is 0. The molecule has 0 atom stereocenters. The van der Waals surface area contributed by atoms with E-state index in [1.165, 1.54) is 5.56 Å². The molecule has 1 aromatic heterocycles. The highest BCUT2D eigenvalue weighted by molar-refractivity contribution is 6.33. The number of pyridine rings is 1. The summed E-state index contributed by atoms with van der Waals surface area (Å²) in [6, 6.07) is 11.9. The first-order valence-electron chi connectivity index (χ1n) is 5.72. The van der Waals surface area contributed by atoms with Crippen LogP contribution in [0.4, 0.5) is 0 Å². The van der Waals surface area contributed by atoms with Gasteiger partial charge in [-0.25, -0.2) is 0 Å². The molecule has 0 saturated carbocycles. The lowest BCUT2D eigenvalue weighted by molar-refractivity contribution is 0.727. The predicted molar refractivity (Wildman–Crippen MR) is 72.1 cm³/mol. The zero-order valence-corrected chi connectivity index (χ0v) is 10.5. The third-order valence-electron chi connectivity index (χ3n) is 2.55. The molecule has 1 heterocycles. The summed E-state index contributed by atoms with van der Waals surface area (Å²) in [5, 5.41) is 4.03. The van der Waals surface area contributed by atoms with Crippen LogP contribution in [0.2, 0.25) is 5.02 Å². The minimum atomic E-state index is 0.749. The standard InChI is InChI=1S/C14H15ClN2/c1-2-16-10-11-6-7-12(13(15)9-11)14-5-3-4-8-17-14/h3-9,16H,2,10H2,1H3. The number of hydrogen-bond donors (Lipinski definition) is 1. The maximum absolute atomic E-state index is 6.28. The Kier molecular flexibility index (Phi) is 4.13. The Morgan fingerprint density at radius 1 is 1.24 bits per heavy atom. The molecule has 0 saturated heterocycles. The molecule has 2 nitrogen and oxygen atoms in total. The molecule has 0 fully saturated rings. The lowest BCUT2D eigenvalue weighted by Crippen LogP contribution is -2.11. The van der Waals surface area contributed by atoms with Crippen LogP contribution in [0, 0.1) is 0 Å². The Labute approximate surface area is 107 Å². The summed E-state index contributed by atoms with van der Waals surface area (Å²) in [6.07, 6.45) is 1.78. The van der Waals surface area contributed by atoms with E-state index in [-0.39, 0.29) is 0 Å². The van der Waals surface area contributed by atoms with Gasteiger partial charge in [0.25, 0.3) is 0 Å². The summed E-state index contributed by atoms with van der Waals surface area (Å²) in [4.78, 5) is 4.30. The molecular weight excluding hydrogens is 232 g/mol. The Morgan fingerprint density at radius 3 is 2.76 bits per heavy atom. The number of halogens is 1. The van der Waals surface area contributed by atoms with Crippen molar-refractivity contribution in [2.75, 3.05) is 6.54 Å². The molecule has 2 aromatic rings. The van der Waals surface area contributed by atoms with E-state index in [2.05, 4.69) is 23.3 Å². The molecule has 0 unspecified atom stereocenters. The van der Waals surface area contributed by atoms with Crippen molar-refractivity contribution in [3.63, 3.8) is 0 Å². The second-order valence-electron chi connectivity index (χ2n) is 3.81. The molecule has 0 bridgehead atoms. The molecule has 0 amide bonds. The largest absolute Gasteiger partial charge is 0.313 e. The molecule has 0 aliphatic heterocycles. The van der Waals surface area contributed by atoms with Crippen molar-refractivity contribution in [2.24, 2.45) is 0 Å². The van der Waals surface area contributed by atoms with Gasteiger partial charge in [0.05, 0.1) is 10.7 Å². The van der Waals surface area contributed by atoms with Gasteiger partial charge in [0.15, 0.2) is 0 Å². The van der Waals surface area contributed by atoms with E-state index in [1.54, 1.807) is 6.20 Å². The number of benzene rings is 1. The number of rotatable bonds is 4. The third kappa shape index (κ3) is 3.05. The molecule has 1 N–H and O–H groups in total. The highest BCUT2D eigenvalue weighted by Gasteiger charge is 2.04. The van der Waals surface area contributed by atoms with Gasteiger partial charge in [-0.1, -0.05) is 36.7 Å². The van der Waals surface area contributed by atoms with Crippen molar-refractivity contribution >= 4 is 11.6 Å². The molecule has 0 spiro atoms. The van der Waals surface area contributed by atoms with Gasteiger partial charge in [-0.2, -0.15) is 0 Å². The molecule has 2 rings (SSSR count). The van der Waals surface area contributed by atoms with Crippen molar-refractivity contribution in [1.29, 1.82) is 0 Å². The van der Waals surface area contributed by atoms with E-state index in [0.717, 1.165) is 29.4 Å². The molecule has 1 aromatic carbocycles. The van der Waals surface area contributed by atoms with Crippen LogP contribution >= 0.6 is 11.6 Å². The molecule has 0 aliphatic rings. The first-order chi connectivity index (χ1) is 8.31. The van der Waals surface area contributed by atoms with Crippen molar-refractivity contribution in [1.82, 2.24) is 10.3 Å². The predicted octanol–water partition coefficient (Wildman–Crippen LogP) is 3.51. The molecule has 3 heteroatoms. The van der Waals surface area contributed by atoms with Crippen molar-refractivity contribution < 1.29 is 0 Å². The first-order valence-corrected chi connectivity index (χ1v) is 6.09. The van der Waals surface area contributed by atoms with Crippen LogP contribution in [0.15, 0.2) is 42.6 Å². The molecule has 17 heavy (non-hydrogen) atoms. The SMILES string of the molecule is CCNCc1ccc(-c2ccccn2)c(Cl)c1. The minimum absolute atomic E-state index is 0.749. The van der Waals surface area contributed by atoms with Gasteiger partial charge in [0.1, 0.15) is 0 Å². The fraction of sp³-hybridized carbons (Fsp3) is 0.214. The molecular formula is C14H15ClN2. The van der Waals surface area contributed by atoms with Crippen LogP contribution in [0.3, 0.4) is 0 Å². The van der Waals surface area contributed by atoms with E-state index < -0.39 is 0 Å². The summed E-state index contributed by atoms with van der Waals surface area (Å²) in [6.45, 7) is 3.89. The van der Waals surface area contributed by atoms with Gasteiger partial charge in [-0.05, 0) is 30.3 Å². The quantitative estimate of drug-likeness (QED) is 0.893. The van der Waals surface area contributed by atoms with Crippen LogP contribution in [-0.4, -0.2) is 11.5 Å². The maximum atomic E-state index is 6.28. The Hall–Kier alpha value is -1.38. The topological polar surface area (TPSA) is 24.9 Å². The van der Waals surface area contributed by atoms with E-state index >= 15 is 0 Å². The van der Waals surface area contributed by atoms with Crippen molar-refractivity contribution in [3.05, 3.63) is 53.2 Å². The number of aromatic nitrogens is 1. The van der Waals surface area contributed by atoms with Crippen LogP contribution < -0.4 is 5.32 Å². The molecule has 88 valence electrons. The smallest absolute Gasteiger partial charge is 0.0716 e. The highest BCUT2D eigenvalue weighted by atomic mass is 35.5. The van der Waals surface area contributed by atoms with E-state index in [4.69, 9.17) is 11.6 Å². The lowest BCUT2D eigenvalue weighted by Gasteiger charge is -2.07. The van der Waals surface area contributed by atoms with Gasteiger partial charge in [-0.15, -0.1) is 0 Å². The monoisotopic (exact) mass is 246 g/mol. The van der Waals surface area contributed by atoms with Gasteiger partial charge in [-0.3, -0.25) is 4.98 Å². The van der Waals surface area contributed by atoms with Crippen molar-refractivity contribution in [2.45, 2.75) is 13.5 Å². The minimum Gasteiger partial charge on any atom is -0.313 e. The second kappa shape index (κ2) is 5.80. The average molecular weight is 247 g/mol. The van der Waals surface area contributed by atoms with Crippen LogP contribution in [0.25, 0.3) is 11.3 Å². The summed E-state index contributed by atoms with van der Waals surface area (Å²) in [5.41, 5.74) is 3.08. The van der Waals surface area contributed by atoms with Gasteiger partial charge >= 0.3 is 0 Å². The third-order valence-corrected chi connectivity index (χ3v) is 2.87. The van der Waals surface area contributed by atoms with Crippen LogP contribution in [0.5, 0.6) is 0 Å². The Morgan fingerprint density at radius 2 is 2.12 bits per heavy atom. The van der Waals surface area contributed by atoms with Crippen LogP contribution in [0.1, 0.15) is 12.5 Å². The van der Waals surface area contributed by atoms with E-state index in [9.17, 15) is 0 Å². The second-order valence-corrected chi connectivity index (χ2v) is 4.22. The number of nitrogens with zero attached hydrogens (tertiary/aromatic N) is 1. The number of nitrogens with one attached hydrogen (secondary N) is 1. The summed E-state index contributed by atoms with van der Waals surface area (Å²) in [5.74, 6) is 0. The fourth-order valence-corrected chi connectivity index (χ4v) is 1.97. The van der Waals surface area contributed by atoms with E-state index in [0.29, 0.717) is 0 Å². The van der Waals surface area contributed by atoms with Gasteiger partial charge in [0.2, 0.25) is 0 Å².